The van der Waals surface area contributed by atoms with Crippen LogP contribution in [0.4, 0.5) is 5.69 Å². The van der Waals surface area contributed by atoms with Gasteiger partial charge in [0.25, 0.3) is 0 Å². The number of fused-ring (bicyclic) bond motifs is 1. The highest BCUT2D eigenvalue weighted by molar-refractivity contribution is 5.77. The second kappa shape index (κ2) is 6.48. The van der Waals surface area contributed by atoms with Crippen molar-refractivity contribution >= 4 is 11.6 Å². The molecule has 0 bridgehead atoms. The highest BCUT2D eigenvalue weighted by Crippen LogP contribution is 2.30. The van der Waals surface area contributed by atoms with E-state index in [0.717, 1.165) is 39.0 Å². The Morgan fingerprint density at radius 1 is 1.33 bits per heavy atom. The molecule has 2 fully saturated rings. The fraction of sp³-hybridized carbons (Fsp3) is 0.588. The van der Waals surface area contributed by atoms with Gasteiger partial charge in [-0.05, 0) is 36.9 Å². The number of carbonyl (C=O) groups excluding carboxylic acids is 1. The monoisotopic (exact) mass is 287 g/mol. The van der Waals surface area contributed by atoms with Gasteiger partial charge in [-0.15, -0.1) is 0 Å². The number of nitrogens with one attached hydrogen (secondary N) is 2. The van der Waals surface area contributed by atoms with Crippen LogP contribution >= 0.6 is 0 Å². The minimum atomic E-state index is 0.234. The number of amides is 1. The number of piperidine rings is 2. The molecule has 1 aromatic rings. The van der Waals surface area contributed by atoms with Crippen LogP contribution in [0.1, 0.15) is 31.7 Å². The lowest BCUT2D eigenvalue weighted by Crippen LogP contribution is -2.54. The standard InChI is InChI=1S/C17H25N3O/c1-2-18-11-13-5-3-4-6-16(13)20-10-9-15-14(12-20)7-8-17(21)19-15/h3-6,14-15,18H,2,7-12H2,1H3,(H,19,21). The molecule has 2 unspecified atom stereocenters. The predicted octanol–water partition coefficient (Wildman–Crippen LogP) is 1.90. The van der Waals surface area contributed by atoms with E-state index in [2.05, 4.69) is 46.7 Å². The summed E-state index contributed by atoms with van der Waals surface area (Å²) in [5.74, 6) is 0.834. The zero-order valence-electron chi connectivity index (χ0n) is 12.8. The Labute approximate surface area is 126 Å². The topological polar surface area (TPSA) is 44.4 Å². The van der Waals surface area contributed by atoms with Crippen molar-refractivity contribution in [2.45, 2.75) is 38.8 Å². The second-order valence-corrected chi connectivity index (χ2v) is 6.12. The summed E-state index contributed by atoms with van der Waals surface area (Å²) >= 11 is 0. The first-order valence-electron chi connectivity index (χ1n) is 8.11. The van der Waals surface area contributed by atoms with Gasteiger partial charge in [-0.2, -0.15) is 0 Å². The summed E-state index contributed by atoms with van der Waals surface area (Å²) in [5, 5.41) is 6.58. The molecule has 2 heterocycles. The van der Waals surface area contributed by atoms with E-state index >= 15 is 0 Å². The van der Waals surface area contributed by atoms with Crippen molar-refractivity contribution in [3.8, 4) is 0 Å². The summed E-state index contributed by atoms with van der Waals surface area (Å²) in [6, 6.07) is 9.08. The third kappa shape index (κ3) is 3.21. The number of hydrogen-bond acceptors (Lipinski definition) is 3. The molecular formula is C17H25N3O. The molecular weight excluding hydrogens is 262 g/mol. The van der Waals surface area contributed by atoms with E-state index in [1.54, 1.807) is 0 Å². The summed E-state index contributed by atoms with van der Waals surface area (Å²) in [4.78, 5) is 14.0. The summed E-state index contributed by atoms with van der Waals surface area (Å²) in [6.07, 6.45) is 2.78. The van der Waals surface area contributed by atoms with Crippen molar-refractivity contribution in [3.05, 3.63) is 29.8 Å². The van der Waals surface area contributed by atoms with Gasteiger partial charge in [-0.1, -0.05) is 25.1 Å². The maximum Gasteiger partial charge on any atom is 0.220 e. The maximum absolute atomic E-state index is 11.5. The van der Waals surface area contributed by atoms with Crippen LogP contribution in [0.15, 0.2) is 24.3 Å². The number of hydrogen-bond donors (Lipinski definition) is 2. The number of anilines is 1. The molecule has 4 heteroatoms. The minimum absolute atomic E-state index is 0.234. The van der Waals surface area contributed by atoms with Gasteiger partial charge in [0.05, 0.1) is 0 Å². The number of carbonyl (C=O) groups is 1. The highest BCUT2D eigenvalue weighted by atomic mass is 16.1. The fourth-order valence-electron chi connectivity index (χ4n) is 3.56. The van der Waals surface area contributed by atoms with Gasteiger partial charge < -0.3 is 15.5 Å². The number of rotatable bonds is 4. The molecule has 1 aromatic carbocycles. The third-order valence-corrected chi connectivity index (χ3v) is 4.72. The fourth-order valence-corrected chi connectivity index (χ4v) is 3.56. The number of nitrogens with zero attached hydrogens (tertiary/aromatic N) is 1. The molecule has 0 saturated carbocycles. The highest BCUT2D eigenvalue weighted by Gasteiger charge is 2.34. The smallest absolute Gasteiger partial charge is 0.220 e. The third-order valence-electron chi connectivity index (χ3n) is 4.72. The first-order chi connectivity index (χ1) is 10.3. The van der Waals surface area contributed by atoms with Crippen molar-refractivity contribution in [1.82, 2.24) is 10.6 Å². The van der Waals surface area contributed by atoms with E-state index in [1.165, 1.54) is 11.3 Å². The summed E-state index contributed by atoms with van der Waals surface area (Å²) in [5.41, 5.74) is 2.73. The Hall–Kier alpha value is -1.55. The van der Waals surface area contributed by atoms with Gasteiger partial charge in [0.2, 0.25) is 5.91 Å². The predicted molar refractivity (Wildman–Crippen MR) is 85.3 cm³/mol. The van der Waals surface area contributed by atoms with Crippen LogP contribution in [0.2, 0.25) is 0 Å². The first kappa shape index (κ1) is 14.4. The molecule has 2 aliphatic heterocycles. The summed E-state index contributed by atoms with van der Waals surface area (Å²) < 4.78 is 0. The van der Waals surface area contributed by atoms with Crippen molar-refractivity contribution < 1.29 is 4.79 Å². The van der Waals surface area contributed by atoms with Crippen molar-refractivity contribution in [1.29, 1.82) is 0 Å². The van der Waals surface area contributed by atoms with Gasteiger partial charge in [-0.3, -0.25) is 4.79 Å². The normalized spacial score (nSPS) is 25.4. The molecule has 114 valence electrons. The average Bonchev–Trinajstić information content (AvgIpc) is 2.52. The molecule has 2 N–H and O–H groups in total. The Kier molecular flexibility index (Phi) is 4.44. The van der Waals surface area contributed by atoms with Gasteiger partial charge >= 0.3 is 0 Å². The van der Waals surface area contributed by atoms with E-state index in [-0.39, 0.29) is 5.91 Å². The second-order valence-electron chi connectivity index (χ2n) is 6.12. The van der Waals surface area contributed by atoms with Crippen LogP contribution in [0.5, 0.6) is 0 Å². The zero-order chi connectivity index (χ0) is 14.7. The van der Waals surface area contributed by atoms with Crippen molar-refractivity contribution in [2.24, 2.45) is 5.92 Å². The Morgan fingerprint density at radius 2 is 2.19 bits per heavy atom. The van der Waals surface area contributed by atoms with Crippen LogP contribution in [0, 0.1) is 5.92 Å². The lowest BCUT2D eigenvalue weighted by atomic mass is 9.85. The SMILES string of the molecule is CCNCc1ccccc1N1CCC2NC(=O)CCC2C1. The maximum atomic E-state index is 11.5. The Bertz CT molecular complexity index is 503. The average molecular weight is 287 g/mol. The van der Waals surface area contributed by atoms with Crippen LogP contribution in [0.25, 0.3) is 0 Å². The summed E-state index contributed by atoms with van der Waals surface area (Å²) in [6.45, 7) is 6.15. The number of benzene rings is 1. The molecule has 2 saturated heterocycles. The molecule has 4 nitrogen and oxygen atoms in total. The molecule has 2 aliphatic rings. The van der Waals surface area contributed by atoms with E-state index < -0.39 is 0 Å². The van der Waals surface area contributed by atoms with Gasteiger partial charge in [-0.25, -0.2) is 0 Å². The van der Waals surface area contributed by atoms with Crippen LogP contribution in [-0.2, 0) is 11.3 Å². The quantitative estimate of drug-likeness (QED) is 0.889. The van der Waals surface area contributed by atoms with Crippen LogP contribution in [0.3, 0.4) is 0 Å². The van der Waals surface area contributed by atoms with Gasteiger partial charge in [0.15, 0.2) is 0 Å². The molecule has 21 heavy (non-hydrogen) atoms. The first-order valence-corrected chi connectivity index (χ1v) is 8.11. The minimum Gasteiger partial charge on any atom is -0.371 e. The Balaban J connectivity index is 1.72. The molecule has 0 aromatic heterocycles. The molecule has 0 spiro atoms. The largest absolute Gasteiger partial charge is 0.371 e. The van der Waals surface area contributed by atoms with E-state index in [9.17, 15) is 4.79 Å². The lowest BCUT2D eigenvalue weighted by Gasteiger charge is -2.43. The lowest BCUT2D eigenvalue weighted by molar-refractivity contribution is -0.124. The molecule has 0 aliphatic carbocycles. The van der Waals surface area contributed by atoms with Crippen molar-refractivity contribution in [2.75, 3.05) is 24.5 Å². The van der Waals surface area contributed by atoms with Crippen LogP contribution in [-0.4, -0.2) is 31.6 Å². The number of para-hydroxylation sites is 1. The van der Waals surface area contributed by atoms with Gasteiger partial charge in [0, 0.05) is 37.8 Å². The van der Waals surface area contributed by atoms with Gasteiger partial charge in [0.1, 0.15) is 0 Å². The Morgan fingerprint density at radius 3 is 3.05 bits per heavy atom. The molecule has 1 amide bonds. The van der Waals surface area contributed by atoms with E-state index in [4.69, 9.17) is 0 Å². The molecule has 3 rings (SSSR count). The van der Waals surface area contributed by atoms with E-state index in [1.807, 2.05) is 0 Å². The van der Waals surface area contributed by atoms with E-state index in [0.29, 0.717) is 18.4 Å². The molecule has 0 radical (unpaired) electrons. The van der Waals surface area contributed by atoms with Crippen LogP contribution < -0.4 is 15.5 Å². The molecule has 2 atom stereocenters. The zero-order valence-corrected chi connectivity index (χ0v) is 12.8. The summed E-state index contributed by atoms with van der Waals surface area (Å²) in [7, 11) is 0. The van der Waals surface area contributed by atoms with Crippen molar-refractivity contribution in [3.63, 3.8) is 0 Å².